The van der Waals surface area contributed by atoms with Crippen molar-refractivity contribution in [2.24, 2.45) is 11.5 Å². The minimum atomic E-state index is -1.59. The number of carbonyl (C=O) groups is 1. The predicted molar refractivity (Wildman–Crippen MR) is 122 cm³/mol. The number of ether oxygens (including phenoxy) is 6. The van der Waals surface area contributed by atoms with Gasteiger partial charge >= 0.3 is 0 Å². The molecule has 0 saturated carbocycles. The lowest BCUT2D eigenvalue weighted by Gasteiger charge is -2.49. The molecule has 3 fully saturated rings. The second-order valence-electron chi connectivity index (χ2n) is 9.45. The Labute approximate surface area is 218 Å². The summed E-state index contributed by atoms with van der Waals surface area (Å²) in [4.78, 5) is 11.8. The first-order chi connectivity index (χ1) is 18.0. The average Bonchev–Trinajstić information content (AvgIpc) is 2.89. The molecule has 0 aromatic carbocycles. The van der Waals surface area contributed by atoms with Crippen LogP contribution >= 0.6 is 0 Å². The summed E-state index contributed by atoms with van der Waals surface area (Å²) in [6.45, 7) is -0.751. The first kappa shape index (κ1) is 31.4. The Hall–Kier alpha value is -1.13. The molecule has 3 aliphatic rings. The van der Waals surface area contributed by atoms with Crippen LogP contribution < -0.4 is 16.8 Å². The third-order valence-electron chi connectivity index (χ3n) is 6.90. The Bertz CT molecular complexity index is 765. The predicted octanol–water partition coefficient (Wildman–Crippen LogP) is -6.84. The molecule has 12 N–H and O–H groups in total. The molecule has 38 heavy (non-hydrogen) atoms. The summed E-state index contributed by atoms with van der Waals surface area (Å²) in [5.74, 6) is -0.539. The molecular formula is C21H39N3O14. The molecule has 0 radical (unpaired) electrons. The summed E-state index contributed by atoms with van der Waals surface area (Å²) in [5, 5.41) is 73.8. The maximum atomic E-state index is 11.8. The van der Waals surface area contributed by atoms with E-state index < -0.39 is 118 Å². The van der Waals surface area contributed by atoms with Crippen molar-refractivity contribution < 1.29 is 69.0 Å². The molecule has 3 heterocycles. The van der Waals surface area contributed by atoms with E-state index in [2.05, 4.69) is 5.32 Å². The molecule has 3 saturated heterocycles. The molecule has 15 atom stereocenters. The summed E-state index contributed by atoms with van der Waals surface area (Å²) in [6.07, 6.45) is -16.3. The summed E-state index contributed by atoms with van der Waals surface area (Å²) in [7, 11) is 1.29. The van der Waals surface area contributed by atoms with Crippen LogP contribution in [0.3, 0.4) is 0 Å². The molecule has 3 rings (SSSR count). The molecule has 222 valence electrons. The largest absolute Gasteiger partial charge is 0.394 e. The van der Waals surface area contributed by atoms with Gasteiger partial charge in [0.2, 0.25) is 5.91 Å². The topological polar surface area (TPSA) is 278 Å². The van der Waals surface area contributed by atoms with E-state index in [1.54, 1.807) is 0 Å². The molecule has 1 amide bonds. The van der Waals surface area contributed by atoms with E-state index in [4.69, 9.17) is 39.9 Å². The summed E-state index contributed by atoms with van der Waals surface area (Å²) in [6, 6.07) is -3.84. The van der Waals surface area contributed by atoms with Gasteiger partial charge in [-0.05, 0) is 0 Å². The molecule has 0 aliphatic carbocycles. The van der Waals surface area contributed by atoms with E-state index in [1.165, 1.54) is 14.0 Å². The van der Waals surface area contributed by atoms with Gasteiger partial charge in [0.1, 0.15) is 61.0 Å². The SMILES string of the molecule is COC1C(CO)OC(OC2C(CO)OC(OC3C(CO)OC(O)C(N)C3O)C(N)C2O)C(NC(C)=O)C1O. The minimum absolute atomic E-state index is 0.539. The molecule has 0 bridgehead atoms. The number of hydrogen-bond donors (Lipinski definition) is 10. The highest BCUT2D eigenvalue weighted by Crippen LogP contribution is 2.31. The van der Waals surface area contributed by atoms with Crippen LogP contribution in [-0.2, 0) is 33.2 Å². The number of hydrogen-bond acceptors (Lipinski definition) is 16. The lowest BCUT2D eigenvalue weighted by Crippen LogP contribution is -2.70. The Balaban J connectivity index is 1.78. The molecule has 17 heteroatoms. The zero-order valence-electron chi connectivity index (χ0n) is 20.9. The van der Waals surface area contributed by atoms with Crippen molar-refractivity contribution in [1.29, 1.82) is 0 Å². The molecule has 17 nitrogen and oxygen atoms in total. The van der Waals surface area contributed by atoms with Gasteiger partial charge in [-0.2, -0.15) is 0 Å². The molecule has 3 aliphatic heterocycles. The average molecular weight is 558 g/mol. The maximum Gasteiger partial charge on any atom is 0.217 e. The molecule has 0 spiro atoms. The zero-order chi connectivity index (χ0) is 28.3. The number of methoxy groups -OCH3 is 1. The van der Waals surface area contributed by atoms with Crippen LogP contribution in [0.1, 0.15) is 6.92 Å². The summed E-state index contributed by atoms with van der Waals surface area (Å²) in [5.41, 5.74) is 11.9. The zero-order valence-corrected chi connectivity index (χ0v) is 20.9. The van der Waals surface area contributed by atoms with Crippen molar-refractivity contribution in [2.75, 3.05) is 26.9 Å². The molecular weight excluding hydrogens is 518 g/mol. The number of aliphatic hydroxyl groups excluding tert-OH is 7. The van der Waals surface area contributed by atoms with Crippen molar-refractivity contribution >= 4 is 5.91 Å². The van der Waals surface area contributed by atoms with Crippen LogP contribution in [0.15, 0.2) is 0 Å². The smallest absolute Gasteiger partial charge is 0.217 e. The van der Waals surface area contributed by atoms with Crippen molar-refractivity contribution in [2.45, 2.75) is 98.9 Å². The van der Waals surface area contributed by atoms with Gasteiger partial charge in [-0.3, -0.25) is 4.79 Å². The van der Waals surface area contributed by atoms with Gasteiger partial charge in [-0.1, -0.05) is 0 Å². The van der Waals surface area contributed by atoms with Crippen LogP contribution in [-0.4, -0.2) is 161 Å². The van der Waals surface area contributed by atoms with E-state index in [0.717, 1.165) is 0 Å². The van der Waals surface area contributed by atoms with E-state index in [9.17, 15) is 40.5 Å². The van der Waals surface area contributed by atoms with Crippen molar-refractivity contribution in [3.05, 3.63) is 0 Å². The normalized spacial score (nSPS) is 48.0. The Morgan fingerprint density at radius 2 is 1.24 bits per heavy atom. The third-order valence-corrected chi connectivity index (χ3v) is 6.90. The van der Waals surface area contributed by atoms with Gasteiger partial charge in [0.05, 0.1) is 31.9 Å². The van der Waals surface area contributed by atoms with Gasteiger partial charge in [-0.15, -0.1) is 0 Å². The fraction of sp³-hybridized carbons (Fsp3) is 0.952. The van der Waals surface area contributed by atoms with Crippen LogP contribution in [0, 0.1) is 0 Å². The highest BCUT2D eigenvalue weighted by atomic mass is 16.7. The van der Waals surface area contributed by atoms with E-state index in [1.807, 2.05) is 0 Å². The standard InChI is InChI=1S/C21H39N3O14/c1-6(28)24-12-15(31)16(33-2)7(3-25)36-21(12)38-18-9(5-27)35-20(11(23)14(18)30)37-17-8(4-26)34-19(32)10(22)13(17)29/h7-21,25-27,29-32H,3-5,22-23H2,1-2H3,(H,24,28). The monoisotopic (exact) mass is 557 g/mol. The summed E-state index contributed by atoms with van der Waals surface area (Å²) >= 11 is 0. The van der Waals surface area contributed by atoms with Gasteiger partial charge in [-0.25, -0.2) is 0 Å². The van der Waals surface area contributed by atoms with Gasteiger partial charge in [0.25, 0.3) is 0 Å². The second kappa shape index (κ2) is 13.5. The number of rotatable bonds is 9. The highest BCUT2D eigenvalue weighted by molar-refractivity contribution is 5.73. The highest BCUT2D eigenvalue weighted by Gasteiger charge is 2.53. The number of amides is 1. The van der Waals surface area contributed by atoms with Crippen molar-refractivity contribution in [1.82, 2.24) is 5.32 Å². The number of nitrogens with two attached hydrogens (primary N) is 2. The van der Waals surface area contributed by atoms with Gasteiger partial charge in [0.15, 0.2) is 18.9 Å². The van der Waals surface area contributed by atoms with E-state index >= 15 is 0 Å². The molecule has 15 unspecified atom stereocenters. The Kier molecular flexibility index (Phi) is 11.1. The van der Waals surface area contributed by atoms with Crippen molar-refractivity contribution in [3.8, 4) is 0 Å². The lowest BCUT2D eigenvalue weighted by molar-refractivity contribution is -0.349. The molecule has 0 aromatic heterocycles. The Morgan fingerprint density at radius 1 is 0.763 bits per heavy atom. The first-order valence-electron chi connectivity index (χ1n) is 12.1. The van der Waals surface area contributed by atoms with Crippen molar-refractivity contribution in [3.63, 3.8) is 0 Å². The van der Waals surface area contributed by atoms with E-state index in [0.29, 0.717) is 0 Å². The number of nitrogens with one attached hydrogen (secondary N) is 1. The molecule has 0 aromatic rings. The van der Waals surface area contributed by atoms with E-state index in [-0.39, 0.29) is 0 Å². The van der Waals surface area contributed by atoms with Crippen LogP contribution in [0.5, 0.6) is 0 Å². The minimum Gasteiger partial charge on any atom is -0.394 e. The number of carbonyl (C=O) groups excluding carboxylic acids is 1. The van der Waals surface area contributed by atoms with Crippen LogP contribution in [0.25, 0.3) is 0 Å². The Morgan fingerprint density at radius 3 is 1.76 bits per heavy atom. The fourth-order valence-corrected chi connectivity index (χ4v) is 4.82. The third kappa shape index (κ3) is 6.43. The van der Waals surface area contributed by atoms with Gasteiger partial charge < -0.3 is 81.0 Å². The maximum absolute atomic E-state index is 11.8. The van der Waals surface area contributed by atoms with Gasteiger partial charge in [0, 0.05) is 14.0 Å². The first-order valence-corrected chi connectivity index (χ1v) is 12.1. The quantitative estimate of drug-likeness (QED) is 0.126. The fourth-order valence-electron chi connectivity index (χ4n) is 4.82. The van der Waals surface area contributed by atoms with Crippen LogP contribution in [0.2, 0.25) is 0 Å². The summed E-state index contributed by atoms with van der Waals surface area (Å²) < 4.78 is 33.3. The second-order valence-corrected chi connectivity index (χ2v) is 9.45. The van der Waals surface area contributed by atoms with Crippen LogP contribution in [0.4, 0.5) is 0 Å². The number of aliphatic hydroxyl groups is 7. The lowest BCUT2D eigenvalue weighted by atomic mass is 9.94.